The zero-order chi connectivity index (χ0) is 12.1. The van der Waals surface area contributed by atoms with Crippen molar-refractivity contribution >= 4 is 5.69 Å². The zero-order valence-corrected chi connectivity index (χ0v) is 10.2. The van der Waals surface area contributed by atoms with Crippen molar-refractivity contribution in [3.8, 4) is 5.75 Å². The second kappa shape index (κ2) is 5.56. The number of anilines is 1. The molecule has 1 atom stereocenters. The number of nitrogens with zero attached hydrogens (tertiary/aromatic N) is 1. The molecule has 1 rings (SSSR count). The third kappa shape index (κ3) is 2.55. The molecule has 0 aliphatic carbocycles. The fourth-order valence-electron chi connectivity index (χ4n) is 1.79. The van der Waals surface area contributed by atoms with Gasteiger partial charge in [-0.15, -0.1) is 6.58 Å². The van der Waals surface area contributed by atoms with Gasteiger partial charge in [0.2, 0.25) is 0 Å². The Hall–Kier alpha value is -1.48. The largest absolute Gasteiger partial charge is 0.496 e. The lowest BCUT2D eigenvalue weighted by molar-refractivity contribution is 0.407. The Morgan fingerprint density at radius 3 is 2.75 bits per heavy atom. The highest BCUT2D eigenvalue weighted by Crippen LogP contribution is 2.32. The van der Waals surface area contributed by atoms with Gasteiger partial charge in [-0.1, -0.05) is 12.1 Å². The molecule has 88 valence electrons. The SMILES string of the molecule is C=CCN(C)c1cccc(OC)c1C(C)N. The second-order valence-electron chi connectivity index (χ2n) is 3.85. The first-order valence-electron chi connectivity index (χ1n) is 5.36. The summed E-state index contributed by atoms with van der Waals surface area (Å²) in [5.74, 6) is 0.836. The van der Waals surface area contributed by atoms with Gasteiger partial charge < -0.3 is 15.4 Å². The molecule has 0 aromatic heterocycles. The standard InChI is InChI=1S/C13H20N2O/c1-5-9-15(3)11-7-6-8-12(16-4)13(11)10(2)14/h5-8,10H,1,9,14H2,2-4H3. The summed E-state index contributed by atoms with van der Waals surface area (Å²) in [4.78, 5) is 2.11. The molecule has 3 heteroatoms. The Balaban J connectivity index is 3.21. The van der Waals surface area contributed by atoms with E-state index in [0.29, 0.717) is 0 Å². The van der Waals surface area contributed by atoms with Gasteiger partial charge >= 0.3 is 0 Å². The minimum absolute atomic E-state index is 0.0570. The van der Waals surface area contributed by atoms with Crippen LogP contribution in [-0.4, -0.2) is 20.7 Å². The van der Waals surface area contributed by atoms with Crippen LogP contribution in [0.2, 0.25) is 0 Å². The summed E-state index contributed by atoms with van der Waals surface area (Å²) in [6.07, 6.45) is 1.87. The number of rotatable bonds is 5. The van der Waals surface area contributed by atoms with E-state index in [2.05, 4.69) is 11.5 Å². The van der Waals surface area contributed by atoms with Crippen molar-refractivity contribution < 1.29 is 4.74 Å². The van der Waals surface area contributed by atoms with Crippen LogP contribution in [0.15, 0.2) is 30.9 Å². The second-order valence-corrected chi connectivity index (χ2v) is 3.85. The van der Waals surface area contributed by atoms with Gasteiger partial charge in [-0.25, -0.2) is 0 Å². The highest BCUT2D eigenvalue weighted by atomic mass is 16.5. The summed E-state index contributed by atoms with van der Waals surface area (Å²) < 4.78 is 5.34. The number of nitrogens with two attached hydrogens (primary N) is 1. The molecule has 1 unspecified atom stereocenters. The highest BCUT2D eigenvalue weighted by Gasteiger charge is 2.14. The average molecular weight is 220 g/mol. The minimum atomic E-state index is -0.0570. The summed E-state index contributed by atoms with van der Waals surface area (Å²) in [6.45, 7) is 6.49. The summed E-state index contributed by atoms with van der Waals surface area (Å²) in [5.41, 5.74) is 8.12. The van der Waals surface area contributed by atoms with Crippen LogP contribution in [0.3, 0.4) is 0 Å². The number of ether oxygens (including phenoxy) is 1. The first-order valence-corrected chi connectivity index (χ1v) is 5.36. The van der Waals surface area contributed by atoms with Crippen molar-refractivity contribution in [1.82, 2.24) is 0 Å². The molecule has 0 saturated carbocycles. The topological polar surface area (TPSA) is 38.5 Å². The molecule has 0 aliphatic rings. The Morgan fingerprint density at radius 1 is 1.56 bits per heavy atom. The molecule has 16 heavy (non-hydrogen) atoms. The smallest absolute Gasteiger partial charge is 0.125 e. The summed E-state index contributed by atoms with van der Waals surface area (Å²) in [5, 5.41) is 0. The quantitative estimate of drug-likeness (QED) is 0.774. The zero-order valence-electron chi connectivity index (χ0n) is 10.2. The lowest BCUT2D eigenvalue weighted by Gasteiger charge is -2.24. The molecule has 1 aromatic rings. The van der Waals surface area contributed by atoms with Gasteiger partial charge in [-0.05, 0) is 19.1 Å². The average Bonchev–Trinajstić information content (AvgIpc) is 2.28. The molecule has 0 saturated heterocycles. The first kappa shape index (κ1) is 12.6. The Labute approximate surface area is 97.5 Å². The van der Waals surface area contributed by atoms with Gasteiger partial charge in [0, 0.05) is 30.9 Å². The van der Waals surface area contributed by atoms with E-state index in [0.717, 1.165) is 23.5 Å². The van der Waals surface area contributed by atoms with Crippen LogP contribution in [0.25, 0.3) is 0 Å². The maximum absolute atomic E-state index is 5.99. The van der Waals surface area contributed by atoms with Crippen LogP contribution in [0.5, 0.6) is 5.75 Å². The molecular weight excluding hydrogens is 200 g/mol. The Bertz CT molecular complexity index is 361. The van der Waals surface area contributed by atoms with E-state index >= 15 is 0 Å². The van der Waals surface area contributed by atoms with E-state index in [4.69, 9.17) is 10.5 Å². The third-order valence-corrected chi connectivity index (χ3v) is 2.53. The van der Waals surface area contributed by atoms with Crippen molar-refractivity contribution in [2.75, 3.05) is 25.6 Å². The normalized spacial score (nSPS) is 12.0. The van der Waals surface area contributed by atoms with Crippen molar-refractivity contribution in [3.05, 3.63) is 36.4 Å². The van der Waals surface area contributed by atoms with E-state index in [9.17, 15) is 0 Å². The minimum Gasteiger partial charge on any atom is -0.496 e. The molecule has 0 heterocycles. The van der Waals surface area contributed by atoms with Crippen molar-refractivity contribution in [1.29, 1.82) is 0 Å². The van der Waals surface area contributed by atoms with Gasteiger partial charge in [-0.3, -0.25) is 0 Å². The number of hydrogen-bond donors (Lipinski definition) is 1. The fourth-order valence-corrected chi connectivity index (χ4v) is 1.79. The summed E-state index contributed by atoms with van der Waals surface area (Å²) in [6, 6.07) is 5.90. The third-order valence-electron chi connectivity index (χ3n) is 2.53. The summed E-state index contributed by atoms with van der Waals surface area (Å²) >= 11 is 0. The van der Waals surface area contributed by atoms with E-state index in [1.165, 1.54) is 0 Å². The van der Waals surface area contributed by atoms with Crippen LogP contribution >= 0.6 is 0 Å². The van der Waals surface area contributed by atoms with Crippen molar-refractivity contribution in [3.63, 3.8) is 0 Å². The van der Waals surface area contributed by atoms with E-state index in [-0.39, 0.29) is 6.04 Å². The van der Waals surface area contributed by atoms with Gasteiger partial charge in [0.05, 0.1) is 7.11 Å². The van der Waals surface area contributed by atoms with Gasteiger partial charge in [0.25, 0.3) is 0 Å². The molecule has 3 nitrogen and oxygen atoms in total. The molecule has 0 aliphatic heterocycles. The Morgan fingerprint density at radius 2 is 2.25 bits per heavy atom. The number of likely N-dealkylation sites (N-methyl/N-ethyl adjacent to an activating group) is 1. The molecule has 0 spiro atoms. The summed E-state index contributed by atoms with van der Waals surface area (Å²) in [7, 11) is 3.68. The van der Waals surface area contributed by atoms with Crippen LogP contribution in [0.4, 0.5) is 5.69 Å². The van der Waals surface area contributed by atoms with Crippen LogP contribution in [0.1, 0.15) is 18.5 Å². The fraction of sp³-hybridized carbons (Fsp3) is 0.385. The monoisotopic (exact) mass is 220 g/mol. The maximum atomic E-state index is 5.99. The van der Waals surface area contributed by atoms with Crippen LogP contribution in [-0.2, 0) is 0 Å². The highest BCUT2D eigenvalue weighted by molar-refractivity contribution is 5.60. The molecule has 0 amide bonds. The van der Waals surface area contributed by atoms with Gasteiger partial charge in [0.1, 0.15) is 5.75 Å². The molecular formula is C13H20N2O. The maximum Gasteiger partial charge on any atom is 0.125 e. The number of methoxy groups -OCH3 is 1. The van der Waals surface area contributed by atoms with Gasteiger partial charge in [-0.2, -0.15) is 0 Å². The van der Waals surface area contributed by atoms with Crippen molar-refractivity contribution in [2.45, 2.75) is 13.0 Å². The van der Waals surface area contributed by atoms with Gasteiger partial charge in [0.15, 0.2) is 0 Å². The predicted molar refractivity (Wildman–Crippen MR) is 69.1 cm³/mol. The molecule has 0 radical (unpaired) electrons. The Kier molecular flexibility index (Phi) is 4.38. The molecule has 0 fully saturated rings. The van der Waals surface area contributed by atoms with Crippen LogP contribution in [0, 0.1) is 0 Å². The molecule has 1 aromatic carbocycles. The predicted octanol–water partition coefficient (Wildman–Crippen LogP) is 2.34. The van der Waals surface area contributed by atoms with Crippen LogP contribution < -0.4 is 15.4 Å². The molecule has 2 N–H and O–H groups in total. The number of benzene rings is 1. The van der Waals surface area contributed by atoms with Crippen molar-refractivity contribution in [2.24, 2.45) is 5.73 Å². The first-order chi connectivity index (χ1) is 7.61. The lowest BCUT2D eigenvalue weighted by Crippen LogP contribution is -2.21. The van der Waals surface area contributed by atoms with E-state index in [1.54, 1.807) is 7.11 Å². The molecule has 0 bridgehead atoms. The lowest BCUT2D eigenvalue weighted by atomic mass is 10.0. The number of hydrogen-bond acceptors (Lipinski definition) is 3. The van der Waals surface area contributed by atoms with E-state index in [1.807, 2.05) is 38.2 Å². The van der Waals surface area contributed by atoms with E-state index < -0.39 is 0 Å².